The van der Waals surface area contributed by atoms with Gasteiger partial charge in [0.1, 0.15) is 0 Å². The van der Waals surface area contributed by atoms with Gasteiger partial charge < -0.3 is 0 Å². The summed E-state index contributed by atoms with van der Waals surface area (Å²) in [6, 6.07) is 11.1. The molecule has 0 N–H and O–H groups in total. The van der Waals surface area contributed by atoms with Crippen LogP contribution in [-0.4, -0.2) is 17.5 Å². The SMILES string of the molecule is CCCc1ccc([C@H]2CC[C@H]3CCCCN32)cc1.Cl. The van der Waals surface area contributed by atoms with Gasteiger partial charge in [-0.25, -0.2) is 0 Å². The van der Waals surface area contributed by atoms with Crippen LogP contribution >= 0.6 is 12.4 Å². The summed E-state index contributed by atoms with van der Waals surface area (Å²) < 4.78 is 0. The van der Waals surface area contributed by atoms with Crippen LogP contribution < -0.4 is 0 Å². The molecule has 2 saturated heterocycles. The minimum absolute atomic E-state index is 0. The number of aryl methyl sites for hydroxylation is 1. The van der Waals surface area contributed by atoms with E-state index in [2.05, 4.69) is 36.1 Å². The van der Waals surface area contributed by atoms with E-state index < -0.39 is 0 Å². The van der Waals surface area contributed by atoms with Gasteiger partial charge in [-0.05, 0) is 49.8 Å². The van der Waals surface area contributed by atoms with E-state index >= 15 is 0 Å². The van der Waals surface area contributed by atoms with Crippen molar-refractivity contribution in [3.63, 3.8) is 0 Å². The second-order valence-electron chi connectivity index (χ2n) is 5.97. The van der Waals surface area contributed by atoms with E-state index in [-0.39, 0.29) is 12.4 Å². The first kappa shape index (κ1) is 14.9. The van der Waals surface area contributed by atoms with Crippen molar-refractivity contribution in [2.75, 3.05) is 6.54 Å². The Kier molecular flexibility index (Phi) is 5.29. The summed E-state index contributed by atoms with van der Waals surface area (Å²) >= 11 is 0. The first-order valence-electron chi connectivity index (χ1n) is 7.73. The fraction of sp³-hybridized carbons (Fsp3) is 0.647. The quantitative estimate of drug-likeness (QED) is 0.772. The van der Waals surface area contributed by atoms with Crippen LogP contribution in [0.4, 0.5) is 0 Å². The minimum Gasteiger partial charge on any atom is -0.293 e. The summed E-state index contributed by atoms with van der Waals surface area (Å²) in [4.78, 5) is 2.78. The van der Waals surface area contributed by atoms with Gasteiger partial charge in [0, 0.05) is 12.1 Å². The molecule has 2 fully saturated rings. The van der Waals surface area contributed by atoms with Crippen LogP contribution in [-0.2, 0) is 6.42 Å². The molecule has 0 bridgehead atoms. The van der Waals surface area contributed by atoms with E-state index in [1.807, 2.05) is 0 Å². The number of hydrogen-bond acceptors (Lipinski definition) is 1. The zero-order valence-corrected chi connectivity index (χ0v) is 12.8. The average molecular weight is 280 g/mol. The molecule has 2 aliphatic heterocycles. The first-order valence-corrected chi connectivity index (χ1v) is 7.73. The maximum Gasteiger partial charge on any atom is 0.0351 e. The van der Waals surface area contributed by atoms with Crippen molar-refractivity contribution >= 4 is 12.4 Å². The van der Waals surface area contributed by atoms with Crippen molar-refractivity contribution in [3.05, 3.63) is 35.4 Å². The van der Waals surface area contributed by atoms with Gasteiger partial charge in [-0.15, -0.1) is 12.4 Å². The van der Waals surface area contributed by atoms with Crippen LogP contribution in [0.15, 0.2) is 24.3 Å². The molecule has 0 aliphatic carbocycles. The van der Waals surface area contributed by atoms with Crippen molar-refractivity contribution < 1.29 is 0 Å². The summed E-state index contributed by atoms with van der Waals surface area (Å²) in [6.07, 6.45) is 9.54. The highest BCUT2D eigenvalue weighted by Crippen LogP contribution is 2.40. The molecule has 1 aromatic rings. The maximum absolute atomic E-state index is 2.78. The van der Waals surface area contributed by atoms with E-state index in [0.717, 1.165) is 6.04 Å². The lowest BCUT2D eigenvalue weighted by Gasteiger charge is -2.34. The normalized spacial score (nSPS) is 26.8. The average Bonchev–Trinajstić information content (AvgIpc) is 2.84. The number of fused-ring (bicyclic) bond motifs is 1. The molecule has 2 heterocycles. The summed E-state index contributed by atoms with van der Waals surface area (Å²) in [5.41, 5.74) is 3.05. The molecule has 19 heavy (non-hydrogen) atoms. The van der Waals surface area contributed by atoms with Crippen molar-refractivity contribution in [1.82, 2.24) is 4.90 Å². The van der Waals surface area contributed by atoms with Gasteiger partial charge >= 0.3 is 0 Å². The first-order chi connectivity index (χ1) is 8.88. The van der Waals surface area contributed by atoms with Crippen LogP contribution in [0, 0.1) is 0 Å². The van der Waals surface area contributed by atoms with Gasteiger partial charge in [0.05, 0.1) is 0 Å². The minimum atomic E-state index is 0. The Morgan fingerprint density at radius 2 is 1.84 bits per heavy atom. The second-order valence-corrected chi connectivity index (χ2v) is 5.97. The standard InChI is InChI=1S/C17H25N.ClH/c1-2-5-14-7-9-15(10-8-14)17-12-11-16-6-3-4-13-18(16)17;/h7-10,16-17H,2-6,11-13H2,1H3;1H/t16-,17-;/m1./s1. The van der Waals surface area contributed by atoms with Crippen molar-refractivity contribution in [3.8, 4) is 0 Å². The number of benzene rings is 1. The molecular weight excluding hydrogens is 254 g/mol. The number of piperidine rings is 1. The summed E-state index contributed by atoms with van der Waals surface area (Å²) in [5, 5.41) is 0. The number of rotatable bonds is 3. The van der Waals surface area contributed by atoms with Crippen molar-refractivity contribution in [1.29, 1.82) is 0 Å². The fourth-order valence-corrected chi connectivity index (χ4v) is 3.81. The van der Waals surface area contributed by atoms with E-state index in [9.17, 15) is 0 Å². The Balaban J connectivity index is 0.00000133. The highest BCUT2D eigenvalue weighted by Gasteiger charge is 2.35. The number of nitrogens with zero attached hydrogens (tertiary/aromatic N) is 1. The molecule has 1 aromatic carbocycles. The van der Waals surface area contributed by atoms with Crippen LogP contribution in [0.3, 0.4) is 0 Å². The largest absolute Gasteiger partial charge is 0.293 e. The molecule has 2 aliphatic rings. The van der Waals surface area contributed by atoms with E-state index in [0.29, 0.717) is 6.04 Å². The zero-order valence-electron chi connectivity index (χ0n) is 12.0. The Bertz CT molecular complexity index is 387. The zero-order chi connectivity index (χ0) is 12.4. The molecule has 2 atom stereocenters. The molecule has 0 saturated carbocycles. The number of halogens is 1. The Morgan fingerprint density at radius 3 is 2.58 bits per heavy atom. The molecular formula is C17H26ClN. The molecule has 1 nitrogen and oxygen atoms in total. The molecule has 0 spiro atoms. The van der Waals surface area contributed by atoms with Crippen LogP contribution in [0.1, 0.15) is 62.6 Å². The summed E-state index contributed by atoms with van der Waals surface area (Å²) in [6.45, 7) is 3.58. The lowest BCUT2D eigenvalue weighted by molar-refractivity contribution is 0.150. The van der Waals surface area contributed by atoms with Gasteiger partial charge in [0.2, 0.25) is 0 Å². The molecule has 2 heteroatoms. The van der Waals surface area contributed by atoms with E-state index in [1.54, 1.807) is 5.56 Å². The summed E-state index contributed by atoms with van der Waals surface area (Å²) in [5.74, 6) is 0. The Morgan fingerprint density at radius 1 is 1.05 bits per heavy atom. The monoisotopic (exact) mass is 279 g/mol. The van der Waals surface area contributed by atoms with Gasteiger partial charge in [0.25, 0.3) is 0 Å². The third kappa shape index (κ3) is 3.14. The van der Waals surface area contributed by atoms with Crippen LogP contribution in [0.5, 0.6) is 0 Å². The highest BCUT2D eigenvalue weighted by molar-refractivity contribution is 5.85. The molecule has 0 aromatic heterocycles. The van der Waals surface area contributed by atoms with E-state index in [4.69, 9.17) is 0 Å². The van der Waals surface area contributed by atoms with Gasteiger partial charge in [-0.1, -0.05) is 44.0 Å². The lowest BCUT2D eigenvalue weighted by Crippen LogP contribution is -2.35. The Hall–Kier alpha value is -0.530. The van der Waals surface area contributed by atoms with Crippen molar-refractivity contribution in [2.45, 2.75) is 64.0 Å². The maximum atomic E-state index is 2.78. The fourth-order valence-electron chi connectivity index (χ4n) is 3.81. The Labute approximate surface area is 123 Å². The van der Waals surface area contributed by atoms with Gasteiger partial charge in [-0.2, -0.15) is 0 Å². The second kappa shape index (κ2) is 6.76. The van der Waals surface area contributed by atoms with Crippen molar-refractivity contribution in [2.24, 2.45) is 0 Å². The highest BCUT2D eigenvalue weighted by atomic mass is 35.5. The van der Waals surface area contributed by atoms with Crippen LogP contribution in [0.2, 0.25) is 0 Å². The predicted octanol–water partition coefficient (Wildman–Crippen LogP) is 4.75. The molecule has 0 amide bonds. The summed E-state index contributed by atoms with van der Waals surface area (Å²) in [7, 11) is 0. The van der Waals surface area contributed by atoms with Crippen LogP contribution in [0.25, 0.3) is 0 Å². The predicted molar refractivity (Wildman–Crippen MR) is 84.0 cm³/mol. The van der Waals surface area contributed by atoms with E-state index in [1.165, 1.54) is 57.1 Å². The topological polar surface area (TPSA) is 3.24 Å². The smallest absolute Gasteiger partial charge is 0.0351 e. The lowest BCUT2D eigenvalue weighted by atomic mass is 10.0. The van der Waals surface area contributed by atoms with Gasteiger partial charge in [-0.3, -0.25) is 4.90 Å². The molecule has 0 radical (unpaired) electrons. The van der Waals surface area contributed by atoms with Gasteiger partial charge in [0.15, 0.2) is 0 Å². The molecule has 106 valence electrons. The third-order valence-electron chi connectivity index (χ3n) is 4.75. The third-order valence-corrected chi connectivity index (χ3v) is 4.75. The molecule has 3 rings (SSSR count). The molecule has 0 unspecified atom stereocenters. The number of hydrogen-bond donors (Lipinski definition) is 0.